The second kappa shape index (κ2) is 11.3. The van der Waals surface area contributed by atoms with Gasteiger partial charge >= 0.3 is 50.1 Å². The van der Waals surface area contributed by atoms with Gasteiger partial charge in [0.15, 0.2) is 0 Å². The normalized spacial score (nSPS) is 10.2. The van der Waals surface area contributed by atoms with E-state index in [4.69, 9.17) is 44.1 Å². The molecule has 0 bridgehead atoms. The molecule has 84 valence electrons. The molecule has 0 saturated heterocycles. The van der Waals surface area contributed by atoms with Crippen molar-refractivity contribution in [2.24, 2.45) is 0 Å². The Morgan fingerprint density at radius 3 is 0.538 bits per heavy atom. The summed E-state index contributed by atoms with van der Waals surface area (Å²) in [6, 6.07) is 0. The van der Waals surface area contributed by atoms with Crippen LogP contribution < -0.4 is 0 Å². The van der Waals surface area contributed by atoms with E-state index in [2.05, 4.69) is 0 Å². The van der Waals surface area contributed by atoms with E-state index in [1.807, 2.05) is 0 Å². The molecule has 10 N–H and O–H groups in total. The molecule has 0 aromatic heterocycles. The van der Waals surface area contributed by atoms with E-state index in [0.717, 1.165) is 0 Å². The molecule has 13 heteroatoms. The van der Waals surface area contributed by atoms with Crippen LogP contribution in [0.2, 0.25) is 0 Å². The zero-order chi connectivity index (χ0) is 11.7. The summed E-state index contributed by atoms with van der Waals surface area (Å²) >= 11 is -5.00. The van der Waals surface area contributed by atoms with E-state index >= 15 is 0 Å². The number of hydrogen-bond acceptors (Lipinski definition) is 10. The molecular weight excluding hydrogens is 270 g/mol. The van der Waals surface area contributed by atoms with E-state index < -0.39 is 35.3 Å². The second-order valence-corrected chi connectivity index (χ2v) is 4.08. The molecule has 0 fully saturated rings. The van der Waals surface area contributed by atoms with Crippen molar-refractivity contribution in [1.82, 2.24) is 0 Å². The molecule has 0 aliphatic rings. The van der Waals surface area contributed by atoms with Gasteiger partial charge in [0, 0.05) is 0 Å². The third kappa shape index (κ3) is 1190. The molecule has 10 nitrogen and oxygen atoms in total. The van der Waals surface area contributed by atoms with Crippen LogP contribution >= 0.6 is 17.2 Å². The summed E-state index contributed by atoms with van der Waals surface area (Å²) in [5, 5.41) is 0. The molecule has 0 aliphatic heterocycles. The molecule has 0 unspecified atom stereocenters. The first kappa shape index (κ1) is 19.7. The molecule has 0 radical (unpaired) electrons. The van der Waals surface area contributed by atoms with Crippen molar-refractivity contribution in [2.75, 3.05) is 0 Å². The van der Waals surface area contributed by atoms with Crippen LogP contribution in [0, 0.1) is 0 Å². The molecule has 0 saturated carbocycles. The molecule has 0 aromatic rings. The second-order valence-electron chi connectivity index (χ2n) is 1.14. The predicted octanol–water partition coefficient (Wildman–Crippen LogP) is -3.85. The molecule has 0 amide bonds. The third-order valence-corrected chi connectivity index (χ3v) is 0. The Kier molecular flexibility index (Phi) is 17.1. The molecular formula is H10O10P2Ti. The SMILES string of the molecule is OP(O)O.OP(O)O.[OH][Ti]([OH])([OH])[OH]. The molecule has 0 aliphatic carbocycles. The predicted molar refractivity (Wildman–Crippen MR) is 36.0 cm³/mol. The van der Waals surface area contributed by atoms with E-state index in [0.29, 0.717) is 0 Å². The summed E-state index contributed by atoms with van der Waals surface area (Å²) in [5.74, 6) is 0. The monoisotopic (exact) mass is 280 g/mol. The maximum atomic E-state index is 7.38. The third-order valence-electron chi connectivity index (χ3n) is 0. The van der Waals surface area contributed by atoms with Gasteiger partial charge in [0.2, 0.25) is 0 Å². The Hall–Kier alpha value is 1.17. The fourth-order valence-electron chi connectivity index (χ4n) is 0. The minimum absolute atomic E-state index is 2.62. The average Bonchev–Trinajstić information content (AvgIpc) is 1.50. The van der Waals surface area contributed by atoms with Gasteiger partial charge in [-0.15, -0.1) is 0 Å². The van der Waals surface area contributed by atoms with Crippen LogP contribution in [0.3, 0.4) is 0 Å². The molecule has 0 rings (SSSR count). The maximum absolute atomic E-state index is 7.38. The summed E-state index contributed by atoms with van der Waals surface area (Å²) in [7, 11) is -5.24. The molecule has 0 atom stereocenters. The van der Waals surface area contributed by atoms with Gasteiger partial charge in [0.1, 0.15) is 0 Å². The van der Waals surface area contributed by atoms with E-state index in [-0.39, 0.29) is 0 Å². The number of rotatable bonds is 0. The fraction of sp³-hybridized carbons (Fsp3) is 0. The van der Waals surface area contributed by atoms with Crippen LogP contribution in [0.25, 0.3) is 0 Å². The van der Waals surface area contributed by atoms with E-state index in [9.17, 15) is 0 Å². The Morgan fingerprint density at radius 1 is 0.538 bits per heavy atom. The van der Waals surface area contributed by atoms with Crippen LogP contribution in [-0.2, 0) is 18.1 Å². The molecule has 0 aromatic carbocycles. The van der Waals surface area contributed by atoms with Crippen molar-refractivity contribution in [3.63, 3.8) is 0 Å². The summed E-state index contributed by atoms with van der Waals surface area (Å²) in [5.41, 5.74) is 0. The van der Waals surface area contributed by atoms with Gasteiger partial charge in [-0.05, 0) is 0 Å². The van der Waals surface area contributed by atoms with Crippen molar-refractivity contribution < 1.29 is 62.3 Å². The van der Waals surface area contributed by atoms with Crippen molar-refractivity contribution in [1.29, 1.82) is 0 Å². The summed E-state index contributed by atoms with van der Waals surface area (Å²) in [6.45, 7) is 0. The van der Waals surface area contributed by atoms with Crippen LogP contribution in [0.5, 0.6) is 0 Å². The molecule has 13 heavy (non-hydrogen) atoms. The summed E-state index contributed by atoms with van der Waals surface area (Å²) in [4.78, 5) is 43.4. The van der Waals surface area contributed by atoms with Gasteiger partial charge < -0.3 is 29.4 Å². The quantitative estimate of drug-likeness (QED) is 0.154. The van der Waals surface area contributed by atoms with Gasteiger partial charge in [-0.25, -0.2) is 0 Å². The zero-order valence-corrected chi connectivity index (χ0v) is 9.22. The van der Waals surface area contributed by atoms with Crippen molar-refractivity contribution >= 4 is 17.2 Å². The van der Waals surface area contributed by atoms with Gasteiger partial charge in [0.05, 0.1) is 0 Å². The van der Waals surface area contributed by atoms with Crippen molar-refractivity contribution in [3.05, 3.63) is 0 Å². The van der Waals surface area contributed by atoms with Gasteiger partial charge in [-0.3, -0.25) is 0 Å². The van der Waals surface area contributed by atoms with Gasteiger partial charge in [-0.1, -0.05) is 0 Å². The van der Waals surface area contributed by atoms with Crippen LogP contribution in [0.4, 0.5) is 0 Å². The Labute approximate surface area is 79.9 Å². The van der Waals surface area contributed by atoms with Crippen LogP contribution in [0.1, 0.15) is 0 Å². The minimum atomic E-state index is -5.00. The topological polar surface area (TPSA) is 202 Å². The standard InChI is InChI=1S/2H3O3P.4H2O.Ti/c2*1-4(2)3;;;;;/h2*1-3H;4*1H2;/q;;;;;;+4/p-4. The fourth-order valence-corrected chi connectivity index (χ4v) is 0. The molecule has 0 spiro atoms. The van der Waals surface area contributed by atoms with Crippen molar-refractivity contribution in [3.8, 4) is 0 Å². The van der Waals surface area contributed by atoms with Crippen molar-refractivity contribution in [2.45, 2.75) is 0 Å². The zero-order valence-electron chi connectivity index (χ0n) is 5.87. The van der Waals surface area contributed by atoms with Gasteiger partial charge in [0.25, 0.3) is 0 Å². The van der Waals surface area contributed by atoms with Gasteiger partial charge in [-0.2, -0.15) is 0 Å². The Morgan fingerprint density at radius 2 is 0.538 bits per heavy atom. The first-order valence-corrected chi connectivity index (χ1v) is 7.29. The Bertz CT molecular complexity index is 67.9. The van der Waals surface area contributed by atoms with Crippen LogP contribution in [0.15, 0.2) is 0 Å². The summed E-state index contributed by atoms with van der Waals surface area (Å²) < 4.78 is 29.5. The average molecular weight is 280 g/mol. The first-order chi connectivity index (χ1) is 5.46. The number of hydrogen-bond donors (Lipinski definition) is 10. The first-order valence-electron chi connectivity index (χ1n) is 2.09. The van der Waals surface area contributed by atoms with E-state index in [1.54, 1.807) is 0 Å². The van der Waals surface area contributed by atoms with Crippen LogP contribution in [-0.4, -0.2) is 44.1 Å². The molecule has 0 heterocycles. The summed E-state index contributed by atoms with van der Waals surface area (Å²) in [6.07, 6.45) is 0. The Balaban J connectivity index is -0.000000117. The van der Waals surface area contributed by atoms with E-state index in [1.165, 1.54) is 0 Å².